The van der Waals surface area contributed by atoms with Gasteiger partial charge >= 0.3 is 0 Å². The van der Waals surface area contributed by atoms with Crippen LogP contribution in [0.3, 0.4) is 0 Å². The summed E-state index contributed by atoms with van der Waals surface area (Å²) in [6.45, 7) is 6.23. The largest absolute Gasteiger partial charge is 0.323 e. The first-order valence-corrected chi connectivity index (χ1v) is 7.42. The Balaban J connectivity index is 2.07. The van der Waals surface area contributed by atoms with E-state index in [1.54, 1.807) is 11.8 Å². The molecule has 1 aromatic heterocycles. The van der Waals surface area contributed by atoms with Crippen LogP contribution in [-0.4, -0.2) is 15.5 Å². The zero-order valence-electron chi connectivity index (χ0n) is 12.0. The van der Waals surface area contributed by atoms with Gasteiger partial charge in [-0.05, 0) is 38.0 Å². The van der Waals surface area contributed by atoms with Gasteiger partial charge in [0.15, 0.2) is 0 Å². The van der Waals surface area contributed by atoms with E-state index in [0.29, 0.717) is 0 Å². The molecule has 0 aliphatic heterocycles. The maximum absolute atomic E-state index is 6.32. The highest BCUT2D eigenvalue weighted by atomic mass is 32.2. The average Bonchev–Trinajstić information content (AvgIpc) is 2.68. The van der Waals surface area contributed by atoms with Crippen LogP contribution in [0.1, 0.15) is 28.4 Å². The van der Waals surface area contributed by atoms with E-state index in [1.807, 2.05) is 18.7 Å². The summed E-state index contributed by atoms with van der Waals surface area (Å²) in [5.41, 5.74) is 11.1. The van der Waals surface area contributed by atoms with E-state index in [-0.39, 0.29) is 6.04 Å². The molecule has 4 heteroatoms. The molecule has 0 spiro atoms. The van der Waals surface area contributed by atoms with E-state index < -0.39 is 0 Å². The van der Waals surface area contributed by atoms with Crippen molar-refractivity contribution in [3.63, 3.8) is 0 Å². The van der Waals surface area contributed by atoms with Gasteiger partial charge < -0.3 is 5.73 Å². The van der Waals surface area contributed by atoms with Crippen LogP contribution in [0.25, 0.3) is 0 Å². The standard InChI is InChI=1S/C15H21N3S/c1-10-5-6-11(2)13(7-10)14(16)9-19-15-8-12(3)17-18(15)4/h5-8,14H,9,16H2,1-4H3. The van der Waals surface area contributed by atoms with Crippen molar-refractivity contribution in [2.45, 2.75) is 31.8 Å². The zero-order chi connectivity index (χ0) is 14.0. The van der Waals surface area contributed by atoms with Gasteiger partial charge in [-0.2, -0.15) is 5.10 Å². The van der Waals surface area contributed by atoms with E-state index in [1.165, 1.54) is 21.7 Å². The summed E-state index contributed by atoms with van der Waals surface area (Å²) in [5.74, 6) is 0.864. The second kappa shape index (κ2) is 5.80. The Kier molecular flexibility index (Phi) is 4.32. The molecule has 0 bridgehead atoms. The molecule has 1 atom stereocenters. The van der Waals surface area contributed by atoms with E-state index in [9.17, 15) is 0 Å². The van der Waals surface area contributed by atoms with Crippen LogP contribution < -0.4 is 5.73 Å². The molecule has 1 unspecified atom stereocenters. The fourth-order valence-electron chi connectivity index (χ4n) is 2.15. The molecule has 0 saturated carbocycles. The molecular formula is C15H21N3S. The normalized spacial score (nSPS) is 12.7. The third-order valence-electron chi connectivity index (χ3n) is 3.20. The van der Waals surface area contributed by atoms with Gasteiger partial charge in [-0.3, -0.25) is 4.68 Å². The van der Waals surface area contributed by atoms with Gasteiger partial charge in [0.2, 0.25) is 0 Å². The summed E-state index contributed by atoms with van der Waals surface area (Å²) in [5, 5.41) is 5.51. The summed E-state index contributed by atoms with van der Waals surface area (Å²) in [7, 11) is 1.97. The predicted octanol–water partition coefficient (Wildman–Crippen LogP) is 3.14. The van der Waals surface area contributed by atoms with Gasteiger partial charge in [0, 0.05) is 18.8 Å². The molecule has 0 fully saturated rings. The molecule has 1 heterocycles. The summed E-state index contributed by atoms with van der Waals surface area (Å²) in [4.78, 5) is 0. The molecule has 0 aliphatic rings. The van der Waals surface area contributed by atoms with Gasteiger partial charge in [0.1, 0.15) is 0 Å². The van der Waals surface area contributed by atoms with Crippen molar-refractivity contribution >= 4 is 11.8 Å². The molecule has 3 nitrogen and oxygen atoms in total. The summed E-state index contributed by atoms with van der Waals surface area (Å²) >= 11 is 1.76. The number of thioether (sulfide) groups is 1. The first-order valence-electron chi connectivity index (χ1n) is 6.43. The minimum atomic E-state index is 0.0557. The lowest BCUT2D eigenvalue weighted by atomic mass is 10.0. The van der Waals surface area contributed by atoms with Crippen molar-refractivity contribution in [2.24, 2.45) is 12.8 Å². The minimum Gasteiger partial charge on any atom is -0.323 e. The highest BCUT2D eigenvalue weighted by molar-refractivity contribution is 7.99. The fourth-order valence-corrected chi connectivity index (χ4v) is 3.16. The highest BCUT2D eigenvalue weighted by Crippen LogP contribution is 2.25. The molecule has 2 aromatic rings. The summed E-state index contributed by atoms with van der Waals surface area (Å²) in [6.07, 6.45) is 0. The van der Waals surface area contributed by atoms with Gasteiger partial charge in [-0.1, -0.05) is 23.8 Å². The maximum atomic E-state index is 6.32. The van der Waals surface area contributed by atoms with Crippen LogP contribution in [0.5, 0.6) is 0 Å². The molecule has 0 amide bonds. The van der Waals surface area contributed by atoms with Gasteiger partial charge in [-0.25, -0.2) is 0 Å². The molecule has 19 heavy (non-hydrogen) atoms. The van der Waals surface area contributed by atoms with Gasteiger partial charge in [0.05, 0.1) is 10.7 Å². The number of hydrogen-bond donors (Lipinski definition) is 1. The predicted molar refractivity (Wildman–Crippen MR) is 81.5 cm³/mol. The van der Waals surface area contributed by atoms with Crippen LogP contribution in [0.15, 0.2) is 29.3 Å². The van der Waals surface area contributed by atoms with Crippen molar-refractivity contribution in [3.05, 3.63) is 46.6 Å². The monoisotopic (exact) mass is 275 g/mol. The minimum absolute atomic E-state index is 0.0557. The Bertz CT molecular complexity index is 575. The molecule has 0 radical (unpaired) electrons. The number of aromatic nitrogens is 2. The lowest BCUT2D eigenvalue weighted by molar-refractivity contribution is 0.691. The third kappa shape index (κ3) is 3.39. The van der Waals surface area contributed by atoms with Gasteiger partial charge in [0.25, 0.3) is 0 Å². The van der Waals surface area contributed by atoms with Crippen LogP contribution >= 0.6 is 11.8 Å². The Morgan fingerprint density at radius 1 is 1.26 bits per heavy atom. The summed E-state index contributed by atoms with van der Waals surface area (Å²) in [6, 6.07) is 8.61. The van der Waals surface area contributed by atoms with Crippen LogP contribution in [0.2, 0.25) is 0 Å². The summed E-state index contributed by atoms with van der Waals surface area (Å²) < 4.78 is 1.91. The number of rotatable bonds is 4. The molecule has 0 aliphatic carbocycles. The number of nitrogens with zero attached hydrogens (tertiary/aromatic N) is 2. The molecule has 0 saturated heterocycles. The number of hydrogen-bond acceptors (Lipinski definition) is 3. The van der Waals surface area contributed by atoms with Crippen LogP contribution in [0.4, 0.5) is 0 Å². The quantitative estimate of drug-likeness (QED) is 0.872. The van der Waals surface area contributed by atoms with E-state index in [2.05, 4.69) is 43.2 Å². The third-order valence-corrected chi connectivity index (χ3v) is 4.41. The maximum Gasteiger partial charge on any atom is 0.0939 e. The van der Waals surface area contributed by atoms with Crippen LogP contribution in [-0.2, 0) is 7.05 Å². The lowest BCUT2D eigenvalue weighted by Crippen LogP contribution is -2.15. The Labute approximate surface area is 119 Å². The van der Waals surface area contributed by atoms with Crippen molar-refractivity contribution in [1.29, 1.82) is 0 Å². The molecule has 1 aromatic carbocycles. The van der Waals surface area contributed by atoms with Crippen LogP contribution in [0, 0.1) is 20.8 Å². The smallest absolute Gasteiger partial charge is 0.0939 e. The Hall–Kier alpha value is -1.26. The molecule has 102 valence electrons. The van der Waals surface area contributed by atoms with Crippen molar-refractivity contribution in [1.82, 2.24) is 9.78 Å². The number of aryl methyl sites for hydroxylation is 4. The van der Waals surface area contributed by atoms with Gasteiger partial charge in [-0.15, -0.1) is 11.8 Å². The van der Waals surface area contributed by atoms with E-state index in [4.69, 9.17) is 5.73 Å². The number of nitrogens with two attached hydrogens (primary N) is 1. The number of benzene rings is 1. The lowest BCUT2D eigenvalue weighted by Gasteiger charge is -2.15. The average molecular weight is 275 g/mol. The topological polar surface area (TPSA) is 43.8 Å². The fraction of sp³-hybridized carbons (Fsp3) is 0.400. The van der Waals surface area contributed by atoms with Crippen molar-refractivity contribution < 1.29 is 0 Å². The Morgan fingerprint density at radius 3 is 2.63 bits per heavy atom. The molecular weight excluding hydrogens is 254 g/mol. The molecule has 2 rings (SSSR count). The van der Waals surface area contributed by atoms with E-state index in [0.717, 1.165) is 11.4 Å². The molecule has 2 N–H and O–H groups in total. The Morgan fingerprint density at radius 2 is 2.00 bits per heavy atom. The second-order valence-corrected chi connectivity index (χ2v) is 6.07. The highest BCUT2D eigenvalue weighted by Gasteiger charge is 2.11. The zero-order valence-corrected chi connectivity index (χ0v) is 12.8. The second-order valence-electron chi connectivity index (χ2n) is 5.03. The first kappa shape index (κ1) is 14.2. The van der Waals surface area contributed by atoms with Crippen molar-refractivity contribution in [2.75, 3.05) is 5.75 Å². The van der Waals surface area contributed by atoms with Crippen molar-refractivity contribution in [3.8, 4) is 0 Å². The van der Waals surface area contributed by atoms with E-state index >= 15 is 0 Å². The SMILES string of the molecule is Cc1ccc(C)c(C(N)CSc2cc(C)nn2C)c1. The first-order chi connectivity index (χ1) is 8.97.